The van der Waals surface area contributed by atoms with Gasteiger partial charge in [-0.15, -0.1) is 0 Å². The maximum atomic E-state index is 12.8. The minimum Gasteiger partial charge on any atom is -0.380 e. The molecular weight excluding hydrogens is 355 g/mol. The van der Waals surface area contributed by atoms with E-state index in [1.54, 1.807) is 13.2 Å². The van der Waals surface area contributed by atoms with Crippen molar-refractivity contribution in [1.82, 2.24) is 10.6 Å². The van der Waals surface area contributed by atoms with Crippen LogP contribution in [-0.4, -0.2) is 19.6 Å². The molecule has 0 saturated heterocycles. The minimum atomic E-state index is -4.35. The largest absolute Gasteiger partial charge is 0.416 e. The molecule has 0 fully saturated rings. The van der Waals surface area contributed by atoms with Crippen LogP contribution in [0.4, 0.5) is 13.2 Å². The number of methoxy groups -OCH3 is 1. The molecule has 0 unspecified atom stereocenters. The Bertz CT molecular complexity index is 760. The van der Waals surface area contributed by atoms with Gasteiger partial charge < -0.3 is 15.4 Å². The lowest BCUT2D eigenvalue weighted by atomic mass is 10.1. The highest BCUT2D eigenvalue weighted by molar-refractivity contribution is 5.79. The fraction of sp³-hybridized carbons (Fsp3) is 0.350. The van der Waals surface area contributed by atoms with Gasteiger partial charge in [-0.1, -0.05) is 36.4 Å². The van der Waals surface area contributed by atoms with E-state index in [1.165, 1.54) is 6.07 Å². The Balaban J connectivity index is 2.03. The first kappa shape index (κ1) is 20.8. The molecule has 0 aromatic heterocycles. The van der Waals surface area contributed by atoms with Crippen LogP contribution in [0.5, 0.6) is 0 Å². The number of rotatable bonds is 7. The van der Waals surface area contributed by atoms with Crippen LogP contribution >= 0.6 is 0 Å². The second kappa shape index (κ2) is 9.97. The second-order valence-electron chi connectivity index (χ2n) is 6.00. The molecule has 0 atom stereocenters. The van der Waals surface area contributed by atoms with Gasteiger partial charge in [0.15, 0.2) is 5.96 Å². The Morgan fingerprint density at radius 3 is 2.41 bits per heavy atom. The van der Waals surface area contributed by atoms with E-state index in [4.69, 9.17) is 4.74 Å². The number of ether oxygens (including phenoxy) is 1. The molecule has 0 aliphatic carbocycles. The summed E-state index contributed by atoms with van der Waals surface area (Å²) in [5.74, 6) is 0.548. The molecule has 0 saturated carbocycles. The first-order valence-corrected chi connectivity index (χ1v) is 8.67. The average Bonchev–Trinajstić information content (AvgIpc) is 2.64. The maximum Gasteiger partial charge on any atom is 0.416 e. The van der Waals surface area contributed by atoms with Crippen LogP contribution < -0.4 is 10.6 Å². The standard InChI is InChI=1S/C20H24F3N3O/c1-3-24-19(25-12-15-6-4-8-17(10-15)14-27-2)26-13-16-7-5-9-18(11-16)20(21,22)23/h4-11H,3,12-14H2,1-2H3,(H2,24,25,26). The summed E-state index contributed by atoms with van der Waals surface area (Å²) >= 11 is 0. The smallest absolute Gasteiger partial charge is 0.380 e. The predicted molar refractivity (Wildman–Crippen MR) is 100 cm³/mol. The van der Waals surface area contributed by atoms with E-state index in [1.807, 2.05) is 31.2 Å². The van der Waals surface area contributed by atoms with Crippen molar-refractivity contribution >= 4 is 5.96 Å². The molecule has 146 valence electrons. The molecular formula is C20H24F3N3O. The van der Waals surface area contributed by atoms with E-state index in [2.05, 4.69) is 15.6 Å². The van der Waals surface area contributed by atoms with Gasteiger partial charge in [-0.3, -0.25) is 0 Å². The zero-order chi connectivity index (χ0) is 19.7. The summed E-state index contributed by atoms with van der Waals surface area (Å²) in [6, 6.07) is 13.2. The molecule has 0 radical (unpaired) electrons. The summed E-state index contributed by atoms with van der Waals surface area (Å²) in [5.41, 5.74) is 1.98. The molecule has 0 spiro atoms. The van der Waals surface area contributed by atoms with Gasteiger partial charge in [0.1, 0.15) is 0 Å². The highest BCUT2D eigenvalue weighted by atomic mass is 19.4. The predicted octanol–water partition coefficient (Wildman–Crippen LogP) is 4.11. The minimum absolute atomic E-state index is 0.249. The first-order chi connectivity index (χ1) is 12.9. The maximum absolute atomic E-state index is 12.8. The van der Waals surface area contributed by atoms with Gasteiger partial charge in [0.05, 0.1) is 18.7 Å². The molecule has 2 aromatic rings. The highest BCUT2D eigenvalue weighted by Crippen LogP contribution is 2.29. The lowest BCUT2D eigenvalue weighted by Gasteiger charge is -2.13. The van der Waals surface area contributed by atoms with Crippen LogP contribution in [0.1, 0.15) is 29.2 Å². The summed E-state index contributed by atoms with van der Waals surface area (Å²) in [6.45, 7) is 3.82. The van der Waals surface area contributed by atoms with E-state index in [0.29, 0.717) is 31.2 Å². The van der Waals surface area contributed by atoms with Crippen molar-refractivity contribution in [2.75, 3.05) is 13.7 Å². The normalized spacial score (nSPS) is 12.1. The monoisotopic (exact) mass is 379 g/mol. The summed E-state index contributed by atoms with van der Waals surface area (Å²) < 4.78 is 43.6. The number of guanidine groups is 1. The third kappa shape index (κ3) is 6.94. The molecule has 0 aliphatic rings. The molecule has 7 heteroatoms. The van der Waals surface area contributed by atoms with E-state index in [0.717, 1.165) is 23.3 Å². The fourth-order valence-electron chi connectivity index (χ4n) is 2.54. The van der Waals surface area contributed by atoms with Gasteiger partial charge in [-0.2, -0.15) is 13.2 Å². The van der Waals surface area contributed by atoms with Crippen LogP contribution in [-0.2, 0) is 30.6 Å². The molecule has 0 aliphatic heterocycles. The fourth-order valence-corrected chi connectivity index (χ4v) is 2.54. The highest BCUT2D eigenvalue weighted by Gasteiger charge is 2.30. The first-order valence-electron chi connectivity index (χ1n) is 8.67. The molecule has 2 rings (SSSR count). The van der Waals surface area contributed by atoms with E-state index in [-0.39, 0.29) is 6.54 Å². The number of nitrogens with zero attached hydrogens (tertiary/aromatic N) is 1. The lowest BCUT2D eigenvalue weighted by molar-refractivity contribution is -0.137. The number of halogens is 3. The van der Waals surface area contributed by atoms with Crippen molar-refractivity contribution in [3.8, 4) is 0 Å². The van der Waals surface area contributed by atoms with Crippen LogP contribution in [0.2, 0.25) is 0 Å². The molecule has 4 nitrogen and oxygen atoms in total. The molecule has 27 heavy (non-hydrogen) atoms. The number of benzene rings is 2. The van der Waals surface area contributed by atoms with Gasteiger partial charge in [0.2, 0.25) is 0 Å². The Hall–Kier alpha value is -2.54. The SMILES string of the molecule is CCNC(=NCc1cccc(COC)c1)NCc1cccc(C(F)(F)F)c1. The van der Waals surface area contributed by atoms with Crippen molar-refractivity contribution in [1.29, 1.82) is 0 Å². The van der Waals surface area contributed by atoms with Crippen molar-refractivity contribution in [2.24, 2.45) is 4.99 Å². The summed E-state index contributed by atoms with van der Waals surface area (Å²) in [6.07, 6.45) is -4.35. The van der Waals surface area contributed by atoms with Gasteiger partial charge >= 0.3 is 6.18 Å². The summed E-state index contributed by atoms with van der Waals surface area (Å²) in [7, 11) is 1.64. The van der Waals surface area contributed by atoms with E-state index in [9.17, 15) is 13.2 Å². The quantitative estimate of drug-likeness (QED) is 0.562. The van der Waals surface area contributed by atoms with Gasteiger partial charge in [0.25, 0.3) is 0 Å². The van der Waals surface area contributed by atoms with Gasteiger partial charge in [-0.05, 0) is 35.7 Å². The molecule has 2 N–H and O–H groups in total. The van der Waals surface area contributed by atoms with Crippen molar-refractivity contribution in [3.05, 3.63) is 70.8 Å². The van der Waals surface area contributed by atoms with E-state index >= 15 is 0 Å². The topological polar surface area (TPSA) is 45.7 Å². The zero-order valence-electron chi connectivity index (χ0n) is 15.4. The Morgan fingerprint density at radius 1 is 1.00 bits per heavy atom. The van der Waals surface area contributed by atoms with Gasteiger partial charge in [0, 0.05) is 20.2 Å². The number of aliphatic imine (C=N–C) groups is 1. The Kier molecular flexibility index (Phi) is 7.67. The third-order valence-corrected chi connectivity index (χ3v) is 3.78. The molecule has 2 aromatic carbocycles. The number of nitrogens with one attached hydrogen (secondary N) is 2. The van der Waals surface area contributed by atoms with Crippen LogP contribution in [0, 0.1) is 0 Å². The lowest BCUT2D eigenvalue weighted by Crippen LogP contribution is -2.36. The average molecular weight is 379 g/mol. The van der Waals surface area contributed by atoms with Crippen molar-refractivity contribution in [3.63, 3.8) is 0 Å². The van der Waals surface area contributed by atoms with E-state index < -0.39 is 11.7 Å². The van der Waals surface area contributed by atoms with Gasteiger partial charge in [-0.25, -0.2) is 4.99 Å². The number of hydrogen-bond donors (Lipinski definition) is 2. The van der Waals surface area contributed by atoms with Crippen molar-refractivity contribution in [2.45, 2.75) is 32.8 Å². The Morgan fingerprint density at radius 2 is 1.70 bits per heavy atom. The van der Waals surface area contributed by atoms with Crippen LogP contribution in [0.3, 0.4) is 0 Å². The molecule has 0 bridgehead atoms. The zero-order valence-corrected chi connectivity index (χ0v) is 15.4. The summed E-state index contributed by atoms with van der Waals surface area (Å²) in [5, 5.41) is 6.17. The molecule has 0 amide bonds. The second-order valence-corrected chi connectivity index (χ2v) is 6.00. The van der Waals surface area contributed by atoms with Crippen molar-refractivity contribution < 1.29 is 17.9 Å². The Labute approximate surface area is 157 Å². The molecule has 0 heterocycles. The number of alkyl halides is 3. The summed E-state index contributed by atoms with van der Waals surface area (Å²) in [4.78, 5) is 4.50. The van der Waals surface area contributed by atoms with Crippen LogP contribution in [0.15, 0.2) is 53.5 Å². The van der Waals surface area contributed by atoms with Crippen LogP contribution in [0.25, 0.3) is 0 Å². The third-order valence-electron chi connectivity index (χ3n) is 3.78. The number of hydrogen-bond acceptors (Lipinski definition) is 2.